The van der Waals surface area contributed by atoms with Crippen molar-refractivity contribution in [3.63, 3.8) is 0 Å². The van der Waals surface area contributed by atoms with Crippen molar-refractivity contribution in [1.82, 2.24) is 14.5 Å². The van der Waals surface area contributed by atoms with Crippen LogP contribution in [0.2, 0.25) is 0 Å². The highest BCUT2D eigenvalue weighted by Gasteiger charge is 2.29. The normalized spacial score (nSPS) is 17.3. The third-order valence-corrected chi connectivity index (χ3v) is 5.17. The molecule has 4 nitrogen and oxygen atoms in total. The molecule has 24 heavy (non-hydrogen) atoms. The lowest BCUT2D eigenvalue weighted by molar-refractivity contribution is 0.0724. The minimum absolute atomic E-state index is 0.134. The molecule has 1 amide bonds. The van der Waals surface area contributed by atoms with Gasteiger partial charge in [-0.1, -0.05) is 12.1 Å². The van der Waals surface area contributed by atoms with E-state index in [4.69, 9.17) is 0 Å². The monoisotopic (exact) mass is 337 g/mol. The van der Waals surface area contributed by atoms with Gasteiger partial charge in [0.15, 0.2) is 0 Å². The van der Waals surface area contributed by atoms with Crippen LogP contribution in [0.15, 0.2) is 59.7 Å². The van der Waals surface area contributed by atoms with E-state index in [-0.39, 0.29) is 11.9 Å². The fourth-order valence-corrected chi connectivity index (χ4v) is 3.89. The molecule has 5 heteroatoms. The Bertz CT molecular complexity index is 794. The van der Waals surface area contributed by atoms with Crippen LogP contribution in [0.25, 0.3) is 11.3 Å². The maximum absolute atomic E-state index is 12.9. The van der Waals surface area contributed by atoms with Gasteiger partial charge < -0.3 is 9.47 Å². The highest BCUT2D eigenvalue weighted by atomic mass is 32.1. The maximum Gasteiger partial charge on any atom is 0.254 e. The zero-order valence-electron chi connectivity index (χ0n) is 13.3. The molecule has 0 N–H and O–H groups in total. The van der Waals surface area contributed by atoms with E-state index in [0.29, 0.717) is 0 Å². The molecule has 1 fully saturated rings. The van der Waals surface area contributed by atoms with E-state index in [1.807, 2.05) is 52.2 Å². The SMILES string of the molecule is O=C(c1ccc(-c2cscn2)cc1)N1CCC[C@H]1Cn1cccc1. The molecule has 122 valence electrons. The number of nitrogens with zero attached hydrogens (tertiary/aromatic N) is 3. The molecule has 1 saturated heterocycles. The predicted molar refractivity (Wildman–Crippen MR) is 96.0 cm³/mol. The van der Waals surface area contributed by atoms with E-state index < -0.39 is 0 Å². The Morgan fingerprint density at radius 2 is 2.00 bits per heavy atom. The molecule has 0 saturated carbocycles. The van der Waals surface area contributed by atoms with Crippen LogP contribution in [0.3, 0.4) is 0 Å². The number of hydrogen-bond donors (Lipinski definition) is 0. The van der Waals surface area contributed by atoms with Crippen LogP contribution < -0.4 is 0 Å². The average Bonchev–Trinajstić information content (AvgIpc) is 3.37. The number of carbonyl (C=O) groups is 1. The van der Waals surface area contributed by atoms with Crippen molar-refractivity contribution in [1.29, 1.82) is 0 Å². The third kappa shape index (κ3) is 2.99. The van der Waals surface area contributed by atoms with Gasteiger partial charge in [-0.3, -0.25) is 4.79 Å². The summed E-state index contributed by atoms with van der Waals surface area (Å²) < 4.78 is 2.15. The van der Waals surface area contributed by atoms with E-state index in [1.54, 1.807) is 11.3 Å². The van der Waals surface area contributed by atoms with Crippen molar-refractivity contribution in [2.24, 2.45) is 0 Å². The van der Waals surface area contributed by atoms with Gasteiger partial charge >= 0.3 is 0 Å². The minimum atomic E-state index is 0.134. The van der Waals surface area contributed by atoms with Crippen molar-refractivity contribution in [3.05, 3.63) is 65.2 Å². The van der Waals surface area contributed by atoms with Gasteiger partial charge in [0.05, 0.1) is 11.2 Å². The van der Waals surface area contributed by atoms with Gasteiger partial charge in [-0.25, -0.2) is 4.98 Å². The topological polar surface area (TPSA) is 38.1 Å². The van der Waals surface area contributed by atoms with Crippen LogP contribution in [-0.2, 0) is 6.54 Å². The Balaban J connectivity index is 1.50. The summed E-state index contributed by atoms with van der Waals surface area (Å²) >= 11 is 1.58. The molecule has 3 aromatic rings. The Kier molecular flexibility index (Phi) is 4.17. The molecule has 0 spiro atoms. The van der Waals surface area contributed by atoms with Gasteiger partial charge in [-0.15, -0.1) is 11.3 Å². The summed E-state index contributed by atoms with van der Waals surface area (Å²) in [6, 6.07) is 12.1. The number of benzene rings is 1. The standard InChI is InChI=1S/C19H19N3OS/c23-19(16-7-5-15(6-8-16)18-13-24-14-20-18)22-11-3-4-17(22)12-21-9-1-2-10-21/h1-2,5-10,13-14,17H,3-4,11-12H2/t17-/m0/s1. The molecule has 1 atom stereocenters. The Morgan fingerprint density at radius 3 is 2.71 bits per heavy atom. The van der Waals surface area contributed by atoms with Gasteiger partial charge in [0, 0.05) is 48.0 Å². The van der Waals surface area contributed by atoms with Crippen molar-refractivity contribution in [3.8, 4) is 11.3 Å². The van der Waals surface area contributed by atoms with Gasteiger partial charge in [-0.2, -0.15) is 0 Å². The first-order valence-electron chi connectivity index (χ1n) is 8.21. The first-order chi connectivity index (χ1) is 11.8. The number of aromatic nitrogens is 2. The molecule has 1 aromatic carbocycles. The van der Waals surface area contributed by atoms with Crippen molar-refractivity contribution in [2.75, 3.05) is 6.54 Å². The van der Waals surface area contributed by atoms with E-state index in [9.17, 15) is 4.79 Å². The second-order valence-electron chi connectivity index (χ2n) is 6.13. The first kappa shape index (κ1) is 15.1. The van der Waals surface area contributed by atoms with Gasteiger partial charge in [0.25, 0.3) is 5.91 Å². The van der Waals surface area contributed by atoms with E-state index >= 15 is 0 Å². The molecular formula is C19H19N3OS. The van der Waals surface area contributed by atoms with Crippen molar-refractivity contribution < 1.29 is 4.79 Å². The molecular weight excluding hydrogens is 318 g/mol. The number of rotatable bonds is 4. The number of hydrogen-bond acceptors (Lipinski definition) is 3. The highest BCUT2D eigenvalue weighted by molar-refractivity contribution is 7.07. The summed E-state index contributed by atoms with van der Waals surface area (Å²) in [5, 5.41) is 2.02. The van der Waals surface area contributed by atoms with Gasteiger partial charge in [0.1, 0.15) is 0 Å². The molecule has 4 rings (SSSR count). The molecule has 0 bridgehead atoms. The van der Waals surface area contributed by atoms with Crippen LogP contribution in [0, 0.1) is 0 Å². The lowest BCUT2D eigenvalue weighted by Crippen LogP contribution is -2.37. The zero-order chi connectivity index (χ0) is 16.4. The Labute approximate surface area is 145 Å². The summed E-state index contributed by atoms with van der Waals surface area (Å²) in [5.41, 5.74) is 4.60. The summed E-state index contributed by atoms with van der Waals surface area (Å²) in [4.78, 5) is 19.2. The second kappa shape index (κ2) is 6.61. The average molecular weight is 337 g/mol. The van der Waals surface area contributed by atoms with Crippen LogP contribution >= 0.6 is 11.3 Å². The van der Waals surface area contributed by atoms with E-state index in [2.05, 4.69) is 21.9 Å². The van der Waals surface area contributed by atoms with Crippen LogP contribution in [0.5, 0.6) is 0 Å². The number of amides is 1. The summed E-state index contributed by atoms with van der Waals surface area (Å²) in [5.74, 6) is 0.134. The summed E-state index contributed by atoms with van der Waals surface area (Å²) in [6.45, 7) is 1.72. The molecule has 2 aromatic heterocycles. The Morgan fingerprint density at radius 1 is 1.21 bits per heavy atom. The summed E-state index contributed by atoms with van der Waals surface area (Å²) in [7, 11) is 0. The second-order valence-corrected chi connectivity index (χ2v) is 6.84. The minimum Gasteiger partial charge on any atom is -0.352 e. The quantitative estimate of drug-likeness (QED) is 0.724. The summed E-state index contributed by atoms with van der Waals surface area (Å²) in [6.07, 6.45) is 6.27. The predicted octanol–water partition coefficient (Wildman–Crippen LogP) is 3.92. The zero-order valence-corrected chi connectivity index (χ0v) is 14.2. The largest absolute Gasteiger partial charge is 0.352 e. The van der Waals surface area contributed by atoms with Crippen molar-refractivity contribution >= 4 is 17.2 Å². The maximum atomic E-state index is 12.9. The van der Waals surface area contributed by atoms with Crippen LogP contribution in [0.1, 0.15) is 23.2 Å². The molecule has 0 radical (unpaired) electrons. The molecule has 3 heterocycles. The van der Waals surface area contributed by atoms with Crippen LogP contribution in [-0.4, -0.2) is 32.9 Å². The fraction of sp³-hybridized carbons (Fsp3) is 0.263. The van der Waals surface area contributed by atoms with Crippen LogP contribution in [0.4, 0.5) is 0 Å². The van der Waals surface area contributed by atoms with Gasteiger partial charge in [0.2, 0.25) is 0 Å². The van der Waals surface area contributed by atoms with Gasteiger partial charge in [-0.05, 0) is 37.1 Å². The number of likely N-dealkylation sites (tertiary alicyclic amines) is 1. The third-order valence-electron chi connectivity index (χ3n) is 4.59. The lowest BCUT2D eigenvalue weighted by Gasteiger charge is -2.25. The smallest absolute Gasteiger partial charge is 0.254 e. The fourth-order valence-electron chi connectivity index (χ4n) is 3.33. The number of carbonyl (C=O) groups excluding carboxylic acids is 1. The lowest BCUT2D eigenvalue weighted by atomic mass is 10.1. The van der Waals surface area contributed by atoms with Crippen molar-refractivity contribution in [2.45, 2.75) is 25.4 Å². The Hall–Kier alpha value is -2.40. The molecule has 1 aliphatic heterocycles. The van der Waals surface area contributed by atoms with E-state index in [0.717, 1.165) is 42.8 Å². The molecule has 0 aliphatic carbocycles. The molecule has 1 aliphatic rings. The molecule has 0 unspecified atom stereocenters. The highest BCUT2D eigenvalue weighted by Crippen LogP contribution is 2.24. The van der Waals surface area contributed by atoms with E-state index in [1.165, 1.54) is 0 Å². The number of thiazole rings is 1. The first-order valence-corrected chi connectivity index (χ1v) is 9.16.